The molecule has 1 fully saturated rings. The molecule has 1 aromatic rings. The van der Waals surface area contributed by atoms with Gasteiger partial charge < -0.3 is 15.8 Å². The van der Waals surface area contributed by atoms with Crippen LogP contribution in [0.15, 0.2) is 24.3 Å². The molecule has 3 nitrogen and oxygen atoms in total. The molecule has 0 radical (unpaired) electrons. The van der Waals surface area contributed by atoms with Crippen LogP contribution in [0.25, 0.3) is 0 Å². The van der Waals surface area contributed by atoms with Crippen LogP contribution in [0.2, 0.25) is 0 Å². The fraction of sp³-hybridized carbons (Fsp3) is 0.455. The van der Waals surface area contributed by atoms with Crippen molar-refractivity contribution in [3.63, 3.8) is 0 Å². The van der Waals surface area contributed by atoms with Crippen molar-refractivity contribution >= 4 is 0 Å². The third-order valence-electron chi connectivity index (χ3n) is 2.80. The molecule has 0 unspecified atom stereocenters. The Kier molecular flexibility index (Phi) is 2.70. The number of rotatable bonds is 2. The molecule has 3 N–H and O–H groups in total. The monoisotopic (exact) mass is 192 g/mol. The quantitative estimate of drug-likeness (QED) is 0.725. The van der Waals surface area contributed by atoms with Crippen LogP contribution in [0, 0.1) is 0 Å². The highest BCUT2D eigenvalue weighted by molar-refractivity contribution is 5.38. The number of nitrogens with one attached hydrogen (secondary N) is 1. The summed E-state index contributed by atoms with van der Waals surface area (Å²) in [5.41, 5.74) is 7.23. The first-order chi connectivity index (χ1) is 6.83. The largest absolute Gasteiger partial charge is 0.496 e. The van der Waals surface area contributed by atoms with Gasteiger partial charge in [0.1, 0.15) is 5.75 Å². The summed E-state index contributed by atoms with van der Waals surface area (Å²) in [7, 11) is 1.70. The Morgan fingerprint density at radius 2 is 2.14 bits per heavy atom. The minimum absolute atomic E-state index is 0.200. The second-order valence-corrected chi connectivity index (χ2v) is 3.67. The van der Waals surface area contributed by atoms with E-state index in [1.54, 1.807) is 7.11 Å². The van der Waals surface area contributed by atoms with Crippen LogP contribution in [0.3, 0.4) is 0 Å². The molecule has 0 aromatic heterocycles. The summed E-state index contributed by atoms with van der Waals surface area (Å²) >= 11 is 0. The van der Waals surface area contributed by atoms with Crippen molar-refractivity contribution < 1.29 is 4.74 Å². The van der Waals surface area contributed by atoms with Crippen molar-refractivity contribution in [1.82, 2.24) is 5.32 Å². The van der Waals surface area contributed by atoms with E-state index in [0.717, 1.165) is 18.8 Å². The standard InChI is InChI=1S/C11H16N2O/c1-14-11-5-3-2-4-8(11)9-6-13-7-10(9)12/h2-5,9-10,13H,6-7,12H2,1H3/t9-,10+/m0/s1. The molecule has 0 spiro atoms. The lowest BCUT2D eigenvalue weighted by molar-refractivity contribution is 0.404. The molecule has 2 rings (SSSR count). The van der Waals surface area contributed by atoms with Gasteiger partial charge in [-0.3, -0.25) is 0 Å². The highest BCUT2D eigenvalue weighted by Crippen LogP contribution is 2.29. The Labute approximate surface area is 84.3 Å². The first-order valence-electron chi connectivity index (χ1n) is 4.92. The topological polar surface area (TPSA) is 47.3 Å². The van der Waals surface area contributed by atoms with E-state index in [1.807, 2.05) is 18.2 Å². The molecule has 1 saturated heterocycles. The maximum absolute atomic E-state index is 6.02. The Bertz CT molecular complexity index is 314. The fourth-order valence-corrected chi connectivity index (χ4v) is 2.01. The van der Waals surface area contributed by atoms with E-state index in [2.05, 4.69) is 11.4 Å². The number of nitrogens with two attached hydrogens (primary N) is 1. The van der Waals surface area contributed by atoms with Gasteiger partial charge in [0, 0.05) is 30.6 Å². The van der Waals surface area contributed by atoms with Crippen molar-refractivity contribution in [2.45, 2.75) is 12.0 Å². The molecule has 1 aliphatic rings. The average molecular weight is 192 g/mol. The van der Waals surface area contributed by atoms with E-state index >= 15 is 0 Å². The second kappa shape index (κ2) is 3.98. The number of methoxy groups -OCH3 is 1. The molecule has 0 saturated carbocycles. The zero-order valence-corrected chi connectivity index (χ0v) is 8.36. The SMILES string of the molecule is COc1ccccc1[C@@H]1CNC[C@H]1N. The lowest BCUT2D eigenvalue weighted by Gasteiger charge is -2.17. The molecule has 1 aliphatic heterocycles. The fourth-order valence-electron chi connectivity index (χ4n) is 2.01. The number of hydrogen-bond donors (Lipinski definition) is 2. The van der Waals surface area contributed by atoms with Gasteiger partial charge in [0.15, 0.2) is 0 Å². The summed E-state index contributed by atoms with van der Waals surface area (Å²) in [6.07, 6.45) is 0. The van der Waals surface area contributed by atoms with Gasteiger partial charge >= 0.3 is 0 Å². The van der Waals surface area contributed by atoms with Crippen LogP contribution >= 0.6 is 0 Å². The Morgan fingerprint density at radius 1 is 1.36 bits per heavy atom. The summed E-state index contributed by atoms with van der Waals surface area (Å²) in [5, 5.41) is 3.29. The number of benzene rings is 1. The molecule has 2 atom stereocenters. The highest BCUT2D eigenvalue weighted by atomic mass is 16.5. The summed E-state index contributed by atoms with van der Waals surface area (Å²) in [6.45, 7) is 1.84. The van der Waals surface area contributed by atoms with Gasteiger partial charge in [0.2, 0.25) is 0 Å². The highest BCUT2D eigenvalue weighted by Gasteiger charge is 2.27. The van der Waals surface area contributed by atoms with Crippen molar-refractivity contribution in [3.8, 4) is 5.75 Å². The van der Waals surface area contributed by atoms with E-state index in [-0.39, 0.29) is 6.04 Å². The molecule has 14 heavy (non-hydrogen) atoms. The Hall–Kier alpha value is -1.06. The second-order valence-electron chi connectivity index (χ2n) is 3.67. The normalized spacial score (nSPS) is 26.4. The predicted molar refractivity (Wildman–Crippen MR) is 56.6 cm³/mol. The van der Waals surface area contributed by atoms with E-state index in [4.69, 9.17) is 10.5 Å². The van der Waals surface area contributed by atoms with Gasteiger partial charge in [-0.25, -0.2) is 0 Å². The maximum Gasteiger partial charge on any atom is 0.122 e. The van der Waals surface area contributed by atoms with E-state index in [0.29, 0.717) is 5.92 Å². The number of para-hydroxylation sites is 1. The van der Waals surface area contributed by atoms with E-state index < -0.39 is 0 Å². The molecular formula is C11H16N2O. The Balaban J connectivity index is 2.30. The van der Waals surface area contributed by atoms with E-state index in [1.165, 1.54) is 5.56 Å². The lowest BCUT2D eigenvalue weighted by Crippen LogP contribution is -2.27. The summed E-state index contributed by atoms with van der Waals surface area (Å²) in [6, 6.07) is 8.29. The van der Waals surface area contributed by atoms with Crippen molar-refractivity contribution in [1.29, 1.82) is 0 Å². The summed E-state index contributed by atoms with van der Waals surface area (Å²) < 4.78 is 5.32. The number of hydrogen-bond acceptors (Lipinski definition) is 3. The van der Waals surface area contributed by atoms with Crippen molar-refractivity contribution in [2.75, 3.05) is 20.2 Å². The third kappa shape index (κ3) is 1.61. The molecule has 1 aromatic carbocycles. The van der Waals surface area contributed by atoms with Gasteiger partial charge in [-0.1, -0.05) is 18.2 Å². The van der Waals surface area contributed by atoms with Crippen molar-refractivity contribution in [2.24, 2.45) is 5.73 Å². The number of ether oxygens (including phenoxy) is 1. The van der Waals surface area contributed by atoms with Gasteiger partial charge in [-0.2, -0.15) is 0 Å². The summed E-state index contributed by atoms with van der Waals surface area (Å²) in [5.74, 6) is 1.32. The molecule has 0 amide bonds. The van der Waals surface area contributed by atoms with Crippen LogP contribution < -0.4 is 15.8 Å². The molecule has 1 heterocycles. The minimum Gasteiger partial charge on any atom is -0.496 e. The lowest BCUT2D eigenvalue weighted by atomic mass is 9.94. The van der Waals surface area contributed by atoms with Crippen LogP contribution in [-0.2, 0) is 0 Å². The Morgan fingerprint density at radius 3 is 2.79 bits per heavy atom. The van der Waals surface area contributed by atoms with Crippen LogP contribution in [0.4, 0.5) is 0 Å². The zero-order chi connectivity index (χ0) is 9.97. The smallest absolute Gasteiger partial charge is 0.122 e. The molecule has 0 aliphatic carbocycles. The first-order valence-corrected chi connectivity index (χ1v) is 4.92. The predicted octanol–water partition coefficient (Wildman–Crippen LogP) is 0.709. The third-order valence-corrected chi connectivity index (χ3v) is 2.80. The molecule has 76 valence electrons. The van der Waals surface area contributed by atoms with Gasteiger partial charge in [0.05, 0.1) is 7.11 Å². The van der Waals surface area contributed by atoms with Crippen LogP contribution in [0.5, 0.6) is 5.75 Å². The van der Waals surface area contributed by atoms with Crippen LogP contribution in [0.1, 0.15) is 11.5 Å². The molecule has 3 heteroatoms. The average Bonchev–Trinajstić information content (AvgIpc) is 2.64. The summed E-state index contributed by atoms with van der Waals surface area (Å²) in [4.78, 5) is 0. The van der Waals surface area contributed by atoms with Crippen molar-refractivity contribution in [3.05, 3.63) is 29.8 Å². The minimum atomic E-state index is 0.200. The van der Waals surface area contributed by atoms with Gasteiger partial charge in [0.25, 0.3) is 0 Å². The van der Waals surface area contributed by atoms with E-state index in [9.17, 15) is 0 Å². The maximum atomic E-state index is 6.02. The van der Waals surface area contributed by atoms with Crippen LogP contribution in [-0.4, -0.2) is 26.2 Å². The molecule has 0 bridgehead atoms. The van der Waals surface area contributed by atoms with Gasteiger partial charge in [-0.05, 0) is 6.07 Å². The van der Waals surface area contributed by atoms with Gasteiger partial charge in [-0.15, -0.1) is 0 Å². The molecular weight excluding hydrogens is 176 g/mol. The first kappa shape index (κ1) is 9.49. The zero-order valence-electron chi connectivity index (χ0n) is 8.36.